The minimum absolute atomic E-state index is 0.0847. The van der Waals surface area contributed by atoms with Gasteiger partial charge in [0, 0.05) is 18.9 Å². The van der Waals surface area contributed by atoms with Gasteiger partial charge in [-0.2, -0.15) is 0 Å². The standard InChI is InChI=1S/C11H15NO2S/c1-4-9(12-8(2)13)11(14-3)10-6-5-7-15-10/h4-7,9,11H,1H2,2-3H3,(H,12,13)/t9-,11-/m1/s1. The molecule has 0 saturated carbocycles. The topological polar surface area (TPSA) is 38.3 Å². The van der Waals surface area contributed by atoms with Gasteiger partial charge in [0.05, 0.1) is 6.04 Å². The number of nitrogens with one attached hydrogen (secondary N) is 1. The van der Waals surface area contributed by atoms with Crippen LogP contribution in [0.25, 0.3) is 0 Å². The normalized spacial score (nSPS) is 14.3. The summed E-state index contributed by atoms with van der Waals surface area (Å²) in [5.41, 5.74) is 0. The van der Waals surface area contributed by atoms with Gasteiger partial charge in [-0.3, -0.25) is 4.79 Å². The highest BCUT2D eigenvalue weighted by Crippen LogP contribution is 2.25. The Labute approximate surface area is 93.8 Å². The molecule has 0 aliphatic heterocycles. The molecule has 1 rings (SSSR count). The first-order valence-corrected chi connectivity index (χ1v) is 5.53. The van der Waals surface area contributed by atoms with E-state index in [1.807, 2.05) is 17.5 Å². The highest BCUT2D eigenvalue weighted by molar-refractivity contribution is 7.10. The van der Waals surface area contributed by atoms with Crippen molar-refractivity contribution in [3.8, 4) is 0 Å². The second-order valence-corrected chi connectivity index (χ2v) is 4.11. The fourth-order valence-corrected chi connectivity index (χ4v) is 2.23. The molecular weight excluding hydrogens is 210 g/mol. The Morgan fingerprint density at radius 1 is 1.73 bits per heavy atom. The Morgan fingerprint density at radius 3 is 2.87 bits per heavy atom. The van der Waals surface area contributed by atoms with Gasteiger partial charge in [-0.25, -0.2) is 0 Å². The predicted octanol–water partition coefficient (Wildman–Crippen LogP) is 2.13. The van der Waals surface area contributed by atoms with Gasteiger partial charge in [-0.15, -0.1) is 17.9 Å². The first-order valence-electron chi connectivity index (χ1n) is 4.65. The maximum atomic E-state index is 11.0. The van der Waals surface area contributed by atoms with Gasteiger partial charge in [0.15, 0.2) is 0 Å². The molecule has 0 bridgehead atoms. The van der Waals surface area contributed by atoms with E-state index >= 15 is 0 Å². The van der Waals surface area contributed by atoms with E-state index < -0.39 is 0 Å². The fraction of sp³-hybridized carbons (Fsp3) is 0.364. The van der Waals surface area contributed by atoms with Crippen molar-refractivity contribution in [2.75, 3.05) is 7.11 Å². The summed E-state index contributed by atoms with van der Waals surface area (Å²) in [4.78, 5) is 12.1. The van der Waals surface area contributed by atoms with Crippen LogP contribution < -0.4 is 5.32 Å². The molecule has 0 aromatic carbocycles. The van der Waals surface area contributed by atoms with Crippen molar-refractivity contribution in [1.82, 2.24) is 5.32 Å². The SMILES string of the molecule is C=C[C@@H](NC(C)=O)[C@@H](OC)c1cccs1. The van der Waals surface area contributed by atoms with E-state index in [2.05, 4.69) is 11.9 Å². The molecule has 0 unspecified atom stereocenters. The van der Waals surface area contributed by atoms with Gasteiger partial charge in [0.1, 0.15) is 6.10 Å². The van der Waals surface area contributed by atoms with E-state index in [1.165, 1.54) is 6.92 Å². The van der Waals surface area contributed by atoms with Crippen LogP contribution in [-0.4, -0.2) is 19.1 Å². The van der Waals surface area contributed by atoms with Crippen LogP contribution in [-0.2, 0) is 9.53 Å². The summed E-state index contributed by atoms with van der Waals surface area (Å²) < 4.78 is 5.37. The van der Waals surface area contributed by atoms with Gasteiger partial charge < -0.3 is 10.1 Å². The van der Waals surface area contributed by atoms with Gasteiger partial charge in [0.25, 0.3) is 0 Å². The maximum Gasteiger partial charge on any atom is 0.217 e. The van der Waals surface area contributed by atoms with Crippen LogP contribution in [0.4, 0.5) is 0 Å². The van der Waals surface area contributed by atoms with E-state index in [0.717, 1.165) is 4.88 Å². The zero-order chi connectivity index (χ0) is 11.3. The lowest BCUT2D eigenvalue weighted by Gasteiger charge is -2.22. The summed E-state index contributed by atoms with van der Waals surface area (Å²) in [5.74, 6) is -0.0847. The molecule has 82 valence electrons. The van der Waals surface area contributed by atoms with Crippen molar-refractivity contribution in [3.63, 3.8) is 0 Å². The molecule has 0 fully saturated rings. The molecule has 1 aromatic heterocycles. The number of ether oxygens (including phenoxy) is 1. The largest absolute Gasteiger partial charge is 0.373 e. The van der Waals surface area contributed by atoms with Crippen LogP contribution in [0.1, 0.15) is 17.9 Å². The fourth-order valence-electron chi connectivity index (χ4n) is 1.39. The molecule has 0 aliphatic rings. The molecule has 2 atom stereocenters. The van der Waals surface area contributed by atoms with E-state index in [-0.39, 0.29) is 18.1 Å². The van der Waals surface area contributed by atoms with Crippen LogP contribution in [0, 0.1) is 0 Å². The third kappa shape index (κ3) is 3.18. The molecule has 3 nitrogen and oxygen atoms in total. The van der Waals surface area contributed by atoms with Gasteiger partial charge in [0.2, 0.25) is 5.91 Å². The van der Waals surface area contributed by atoms with Crippen molar-refractivity contribution < 1.29 is 9.53 Å². The minimum Gasteiger partial charge on any atom is -0.373 e. The molecule has 15 heavy (non-hydrogen) atoms. The van der Waals surface area contributed by atoms with Gasteiger partial charge in [-0.05, 0) is 11.4 Å². The molecule has 0 saturated heterocycles. The predicted molar refractivity (Wildman–Crippen MR) is 61.9 cm³/mol. The number of carbonyl (C=O) groups is 1. The van der Waals surface area contributed by atoms with Crippen molar-refractivity contribution in [3.05, 3.63) is 35.0 Å². The molecule has 0 spiro atoms. The molecule has 4 heteroatoms. The van der Waals surface area contributed by atoms with Crippen LogP contribution in [0.15, 0.2) is 30.2 Å². The number of hydrogen-bond acceptors (Lipinski definition) is 3. The number of hydrogen-bond donors (Lipinski definition) is 1. The van der Waals surface area contributed by atoms with Crippen molar-refractivity contribution in [2.24, 2.45) is 0 Å². The van der Waals surface area contributed by atoms with E-state index in [4.69, 9.17) is 4.74 Å². The first kappa shape index (κ1) is 11.9. The van der Waals surface area contributed by atoms with Crippen molar-refractivity contribution >= 4 is 17.2 Å². The molecule has 0 aliphatic carbocycles. The second-order valence-electron chi connectivity index (χ2n) is 3.13. The minimum atomic E-state index is -0.189. The summed E-state index contributed by atoms with van der Waals surface area (Å²) in [6.07, 6.45) is 1.53. The number of carbonyl (C=O) groups excluding carboxylic acids is 1. The van der Waals surface area contributed by atoms with E-state index in [0.29, 0.717) is 0 Å². The summed E-state index contributed by atoms with van der Waals surface area (Å²) >= 11 is 1.60. The van der Waals surface area contributed by atoms with Gasteiger partial charge >= 0.3 is 0 Å². The Bertz CT molecular complexity index is 321. The molecule has 1 amide bonds. The third-order valence-corrected chi connectivity index (χ3v) is 2.96. The average Bonchev–Trinajstić information content (AvgIpc) is 2.70. The van der Waals surface area contributed by atoms with Crippen molar-refractivity contribution in [2.45, 2.75) is 19.1 Å². The zero-order valence-electron chi connectivity index (χ0n) is 8.90. The molecule has 0 radical (unpaired) electrons. The number of methoxy groups -OCH3 is 1. The number of amides is 1. The van der Waals surface area contributed by atoms with Crippen LogP contribution in [0.2, 0.25) is 0 Å². The zero-order valence-corrected chi connectivity index (χ0v) is 9.71. The Hall–Kier alpha value is -1.13. The highest BCUT2D eigenvalue weighted by atomic mass is 32.1. The second kappa shape index (κ2) is 5.68. The quantitative estimate of drug-likeness (QED) is 0.780. The molecule has 1 heterocycles. The van der Waals surface area contributed by atoms with Gasteiger partial charge in [-0.1, -0.05) is 12.1 Å². The van der Waals surface area contributed by atoms with Crippen LogP contribution >= 0.6 is 11.3 Å². The smallest absolute Gasteiger partial charge is 0.217 e. The highest BCUT2D eigenvalue weighted by Gasteiger charge is 2.21. The summed E-state index contributed by atoms with van der Waals surface area (Å²) in [6, 6.07) is 3.75. The Kier molecular flexibility index (Phi) is 4.52. The maximum absolute atomic E-state index is 11.0. The lowest BCUT2D eigenvalue weighted by Crippen LogP contribution is -2.36. The first-order chi connectivity index (χ1) is 7.19. The van der Waals surface area contributed by atoms with Crippen LogP contribution in [0.5, 0.6) is 0 Å². The lowest BCUT2D eigenvalue weighted by atomic mass is 10.1. The molecule has 1 aromatic rings. The lowest BCUT2D eigenvalue weighted by molar-refractivity contribution is -0.120. The molecular formula is C11H15NO2S. The van der Waals surface area contributed by atoms with E-state index in [9.17, 15) is 4.79 Å². The van der Waals surface area contributed by atoms with Crippen LogP contribution in [0.3, 0.4) is 0 Å². The summed E-state index contributed by atoms with van der Waals surface area (Å²) in [6.45, 7) is 5.19. The monoisotopic (exact) mass is 225 g/mol. The van der Waals surface area contributed by atoms with E-state index in [1.54, 1.807) is 24.5 Å². The molecule has 1 N–H and O–H groups in total. The third-order valence-electron chi connectivity index (χ3n) is 2.03. The summed E-state index contributed by atoms with van der Waals surface area (Å²) in [7, 11) is 1.63. The number of rotatable bonds is 5. The number of thiophene rings is 1. The van der Waals surface area contributed by atoms with Crippen molar-refractivity contribution in [1.29, 1.82) is 0 Å². The average molecular weight is 225 g/mol. The Balaban J connectivity index is 2.79. The summed E-state index contributed by atoms with van der Waals surface area (Å²) in [5, 5.41) is 4.77. The Morgan fingerprint density at radius 2 is 2.47 bits per heavy atom.